The summed E-state index contributed by atoms with van der Waals surface area (Å²) < 4.78 is 21.5. The minimum Gasteiger partial charge on any atom is -0.388 e. The predicted molar refractivity (Wildman–Crippen MR) is 91.6 cm³/mol. The van der Waals surface area contributed by atoms with Crippen molar-refractivity contribution in [1.82, 2.24) is 0 Å². The third kappa shape index (κ3) is 4.86. The Morgan fingerprint density at radius 3 is 2.18 bits per heavy atom. The fraction of sp³-hybridized carbons (Fsp3) is 0.667. The summed E-state index contributed by atoms with van der Waals surface area (Å²) in [5, 5.41) is 59.3. The third-order valence-electron chi connectivity index (χ3n) is 4.80. The van der Waals surface area contributed by atoms with E-state index >= 15 is 0 Å². The molecule has 0 saturated carbocycles. The van der Waals surface area contributed by atoms with Crippen molar-refractivity contribution in [3.63, 3.8) is 0 Å². The lowest BCUT2D eigenvalue weighted by molar-refractivity contribution is -0.322. The van der Waals surface area contributed by atoms with Crippen LogP contribution in [0.2, 0.25) is 0 Å². The van der Waals surface area contributed by atoms with Crippen LogP contribution in [0.3, 0.4) is 0 Å². The lowest BCUT2D eigenvalue weighted by Gasteiger charge is -2.41. The zero-order chi connectivity index (χ0) is 20.3. The highest BCUT2D eigenvalue weighted by Crippen LogP contribution is 2.25. The van der Waals surface area contributed by atoms with Crippen molar-refractivity contribution >= 4 is 0 Å². The molecule has 2 saturated heterocycles. The monoisotopic (exact) mass is 402 g/mol. The second kappa shape index (κ2) is 9.55. The average Bonchev–Trinajstić information content (AvgIpc) is 2.71. The topological polar surface area (TPSA) is 158 Å². The van der Waals surface area contributed by atoms with E-state index in [1.165, 1.54) is 0 Å². The first-order valence-electron chi connectivity index (χ1n) is 9.01. The van der Waals surface area contributed by atoms with Gasteiger partial charge in [-0.25, -0.2) is 0 Å². The summed E-state index contributed by atoms with van der Waals surface area (Å²) in [7, 11) is 0. The van der Waals surface area contributed by atoms with Crippen molar-refractivity contribution in [2.45, 2.75) is 61.9 Å². The first-order valence-corrected chi connectivity index (χ1v) is 9.01. The Labute approximate surface area is 161 Å². The Balaban J connectivity index is 1.56. The molecule has 0 aromatic heterocycles. The van der Waals surface area contributed by atoms with Gasteiger partial charge in [0, 0.05) is 0 Å². The fourth-order valence-corrected chi connectivity index (χ4v) is 3.06. The summed E-state index contributed by atoms with van der Waals surface area (Å²) in [6.07, 6.45) is -12.2. The molecule has 0 bridgehead atoms. The molecule has 0 amide bonds. The minimum absolute atomic E-state index is 0.119. The van der Waals surface area contributed by atoms with E-state index in [1.54, 1.807) is 0 Å². The molecule has 0 radical (unpaired) electrons. The number of aliphatic hydroxyl groups is 6. The van der Waals surface area contributed by atoms with Crippen molar-refractivity contribution in [2.24, 2.45) is 0 Å². The van der Waals surface area contributed by atoms with Gasteiger partial charge < -0.3 is 49.6 Å². The Bertz CT molecular complexity index is 601. The predicted octanol–water partition coefficient (Wildman–Crippen LogP) is -2.53. The van der Waals surface area contributed by atoms with Gasteiger partial charge in [0.1, 0.15) is 42.7 Å². The molecule has 3 rings (SSSR count). The molecule has 2 heterocycles. The minimum atomic E-state index is -1.53. The lowest BCUT2D eigenvalue weighted by Crippen LogP contribution is -2.60. The van der Waals surface area contributed by atoms with Crippen molar-refractivity contribution in [1.29, 1.82) is 0 Å². The molecule has 2 aliphatic heterocycles. The van der Waals surface area contributed by atoms with Gasteiger partial charge in [-0.15, -0.1) is 0 Å². The SMILES string of the molecule is O[C@H]1[C@@H](O)[C@@H](CO[C@@H]2OC[C@@H](O)[C@@H](O)[C@H]2O)O[C@@H](OCc2ccccc2)[C@@H]1O. The Morgan fingerprint density at radius 1 is 0.786 bits per heavy atom. The van der Waals surface area contributed by atoms with Crippen molar-refractivity contribution in [3.05, 3.63) is 35.9 Å². The molecule has 2 aliphatic rings. The summed E-state index contributed by atoms with van der Waals surface area (Å²) in [5.41, 5.74) is 0.831. The van der Waals surface area contributed by atoms with Crippen LogP contribution in [0.25, 0.3) is 0 Å². The maximum atomic E-state index is 10.1. The Morgan fingerprint density at radius 2 is 1.46 bits per heavy atom. The molecular weight excluding hydrogens is 376 g/mol. The van der Waals surface area contributed by atoms with Gasteiger partial charge in [-0.2, -0.15) is 0 Å². The molecule has 158 valence electrons. The van der Waals surface area contributed by atoms with Crippen molar-refractivity contribution < 1.29 is 49.6 Å². The van der Waals surface area contributed by atoms with Crippen molar-refractivity contribution in [2.75, 3.05) is 13.2 Å². The number of aliphatic hydroxyl groups excluding tert-OH is 6. The maximum absolute atomic E-state index is 10.1. The van der Waals surface area contributed by atoms with Crippen LogP contribution in [0.4, 0.5) is 0 Å². The highest BCUT2D eigenvalue weighted by atomic mass is 16.7. The number of hydrogen-bond donors (Lipinski definition) is 6. The molecule has 9 atom stereocenters. The van der Waals surface area contributed by atoms with E-state index < -0.39 is 55.3 Å². The van der Waals surface area contributed by atoms with Gasteiger partial charge in [-0.1, -0.05) is 30.3 Å². The Hall–Kier alpha value is -1.18. The molecule has 0 unspecified atom stereocenters. The number of benzene rings is 1. The van der Waals surface area contributed by atoms with Crippen molar-refractivity contribution in [3.8, 4) is 0 Å². The molecule has 1 aromatic rings. The van der Waals surface area contributed by atoms with E-state index in [-0.39, 0.29) is 19.8 Å². The quantitative estimate of drug-likeness (QED) is 0.300. The molecule has 1 aromatic carbocycles. The van der Waals surface area contributed by atoms with Gasteiger partial charge in [0.15, 0.2) is 12.6 Å². The zero-order valence-corrected chi connectivity index (χ0v) is 15.0. The van der Waals surface area contributed by atoms with Crippen LogP contribution in [-0.2, 0) is 25.6 Å². The van der Waals surface area contributed by atoms with Crippen LogP contribution in [0.1, 0.15) is 5.56 Å². The normalized spacial score (nSPS) is 41.7. The molecule has 10 heteroatoms. The molecule has 10 nitrogen and oxygen atoms in total. The van der Waals surface area contributed by atoms with Gasteiger partial charge in [-0.05, 0) is 5.56 Å². The smallest absolute Gasteiger partial charge is 0.187 e. The highest BCUT2D eigenvalue weighted by Gasteiger charge is 2.45. The fourth-order valence-electron chi connectivity index (χ4n) is 3.06. The number of hydrogen-bond acceptors (Lipinski definition) is 10. The first kappa shape index (κ1) is 21.5. The molecular formula is C18H26O10. The second-order valence-corrected chi connectivity index (χ2v) is 6.89. The van der Waals surface area contributed by atoms with Crippen LogP contribution >= 0.6 is 0 Å². The van der Waals surface area contributed by atoms with Crippen LogP contribution < -0.4 is 0 Å². The summed E-state index contributed by atoms with van der Waals surface area (Å²) in [4.78, 5) is 0. The van der Waals surface area contributed by atoms with Crippen LogP contribution in [0.5, 0.6) is 0 Å². The maximum Gasteiger partial charge on any atom is 0.187 e. The lowest BCUT2D eigenvalue weighted by atomic mass is 9.99. The summed E-state index contributed by atoms with van der Waals surface area (Å²) in [6, 6.07) is 9.14. The van der Waals surface area contributed by atoms with E-state index in [2.05, 4.69) is 0 Å². The van der Waals surface area contributed by atoms with E-state index in [0.29, 0.717) is 0 Å². The summed E-state index contributed by atoms with van der Waals surface area (Å²) in [6.45, 7) is -0.435. The summed E-state index contributed by atoms with van der Waals surface area (Å²) >= 11 is 0. The van der Waals surface area contributed by atoms with Gasteiger partial charge in [0.25, 0.3) is 0 Å². The number of ether oxygens (including phenoxy) is 4. The van der Waals surface area contributed by atoms with Crippen LogP contribution in [0, 0.1) is 0 Å². The van der Waals surface area contributed by atoms with Crippen LogP contribution in [0.15, 0.2) is 30.3 Å². The van der Waals surface area contributed by atoms with E-state index in [0.717, 1.165) is 5.56 Å². The van der Waals surface area contributed by atoms with Gasteiger partial charge >= 0.3 is 0 Å². The number of rotatable bonds is 6. The second-order valence-electron chi connectivity index (χ2n) is 6.89. The highest BCUT2D eigenvalue weighted by molar-refractivity contribution is 5.13. The molecule has 0 spiro atoms. The van der Waals surface area contributed by atoms with Crippen LogP contribution in [-0.4, -0.2) is 99.2 Å². The Kier molecular flexibility index (Phi) is 7.34. The molecule has 0 aliphatic carbocycles. The zero-order valence-electron chi connectivity index (χ0n) is 15.0. The van der Waals surface area contributed by atoms with Gasteiger partial charge in [0.05, 0.1) is 19.8 Å². The van der Waals surface area contributed by atoms with Gasteiger partial charge in [0.2, 0.25) is 0 Å². The summed E-state index contributed by atoms with van der Waals surface area (Å²) in [5.74, 6) is 0. The molecule has 28 heavy (non-hydrogen) atoms. The molecule has 6 N–H and O–H groups in total. The molecule has 2 fully saturated rings. The average molecular weight is 402 g/mol. The van der Waals surface area contributed by atoms with E-state index in [4.69, 9.17) is 18.9 Å². The third-order valence-corrected chi connectivity index (χ3v) is 4.80. The first-order chi connectivity index (χ1) is 13.4. The van der Waals surface area contributed by atoms with Gasteiger partial charge in [-0.3, -0.25) is 0 Å². The standard InChI is InChI=1S/C18H26O10/c19-10-7-26-17(15(23)12(10)20)27-8-11-13(21)14(22)16(24)18(28-11)25-6-9-4-2-1-3-5-9/h1-5,10-24H,6-8H2/t10-,11-,12-,13+,14+,15-,16-,17+,18-/m1/s1. The van der Waals surface area contributed by atoms with E-state index in [1.807, 2.05) is 30.3 Å². The van der Waals surface area contributed by atoms with E-state index in [9.17, 15) is 30.6 Å². The largest absolute Gasteiger partial charge is 0.388 e.